The highest BCUT2D eigenvalue weighted by molar-refractivity contribution is 7.14. The summed E-state index contributed by atoms with van der Waals surface area (Å²) < 4.78 is 0. The largest absolute Gasteiger partial charge is 0.343 e. The van der Waals surface area contributed by atoms with Crippen molar-refractivity contribution >= 4 is 39.9 Å². The van der Waals surface area contributed by atoms with Crippen LogP contribution in [0.15, 0.2) is 47.8 Å². The monoisotopic (exact) mass is 474 g/mol. The lowest BCUT2D eigenvalue weighted by Crippen LogP contribution is -2.32. The van der Waals surface area contributed by atoms with Crippen LogP contribution in [0.5, 0.6) is 0 Å². The zero-order valence-electron chi connectivity index (χ0n) is 18.8. The van der Waals surface area contributed by atoms with Crippen molar-refractivity contribution in [3.63, 3.8) is 0 Å². The summed E-state index contributed by atoms with van der Waals surface area (Å²) in [5.74, 6) is -0.576. The topological polar surface area (TPSA) is 91.4 Å². The van der Waals surface area contributed by atoms with Gasteiger partial charge in [-0.05, 0) is 73.6 Å². The number of anilines is 2. The van der Waals surface area contributed by atoms with Crippen LogP contribution in [0.3, 0.4) is 0 Å². The second-order valence-corrected chi connectivity index (χ2v) is 9.51. The van der Waals surface area contributed by atoms with E-state index in [4.69, 9.17) is 0 Å². The van der Waals surface area contributed by atoms with Crippen LogP contribution in [0, 0.1) is 0 Å². The number of thiazole rings is 1. The average molecular weight is 475 g/mol. The van der Waals surface area contributed by atoms with E-state index in [0.29, 0.717) is 23.7 Å². The normalized spacial score (nSPS) is 15.2. The molecule has 0 atom stereocenters. The highest BCUT2D eigenvalue weighted by atomic mass is 32.1. The smallest absolute Gasteiger partial charge is 0.251 e. The Bertz CT molecular complexity index is 1240. The molecule has 2 aliphatic rings. The third kappa shape index (κ3) is 4.87. The summed E-state index contributed by atoms with van der Waals surface area (Å²) in [7, 11) is 0. The Balaban J connectivity index is 1.14. The molecule has 1 saturated heterocycles. The van der Waals surface area contributed by atoms with Crippen LogP contribution in [0.1, 0.15) is 47.2 Å². The minimum atomic E-state index is -0.344. The van der Waals surface area contributed by atoms with E-state index < -0.39 is 0 Å². The van der Waals surface area contributed by atoms with Crippen molar-refractivity contribution in [2.75, 3.05) is 23.3 Å². The maximum atomic E-state index is 12.4. The number of nitrogens with zero attached hydrogens (tertiary/aromatic N) is 2. The fraction of sp³-hybridized carbons (Fsp3) is 0.308. The number of aromatic nitrogens is 1. The van der Waals surface area contributed by atoms with E-state index in [1.54, 1.807) is 29.2 Å². The summed E-state index contributed by atoms with van der Waals surface area (Å²) in [5.41, 5.74) is 5.94. The van der Waals surface area contributed by atoms with Crippen LogP contribution in [0.4, 0.5) is 10.8 Å². The molecule has 7 nitrogen and oxygen atoms in total. The van der Waals surface area contributed by atoms with Crippen LogP contribution in [0.25, 0.3) is 11.3 Å². The van der Waals surface area contributed by atoms with Gasteiger partial charge in [0.25, 0.3) is 5.91 Å². The van der Waals surface area contributed by atoms with Gasteiger partial charge >= 0.3 is 0 Å². The molecule has 0 unspecified atom stereocenters. The molecule has 8 heteroatoms. The molecule has 0 radical (unpaired) electrons. The maximum absolute atomic E-state index is 12.4. The number of benzene rings is 2. The summed E-state index contributed by atoms with van der Waals surface area (Å²) in [6, 6.07) is 13.3. The Morgan fingerprint density at radius 2 is 1.76 bits per heavy atom. The second kappa shape index (κ2) is 9.77. The quantitative estimate of drug-likeness (QED) is 0.561. The maximum Gasteiger partial charge on any atom is 0.251 e. The number of amides is 3. The number of aryl methyl sites for hydroxylation is 2. The molecule has 5 rings (SSSR count). The molecule has 174 valence electrons. The Labute approximate surface area is 202 Å². The summed E-state index contributed by atoms with van der Waals surface area (Å²) in [4.78, 5) is 42.9. The van der Waals surface area contributed by atoms with Gasteiger partial charge in [0.05, 0.1) is 12.2 Å². The SMILES string of the molecule is O=C(CNC(=O)c1ccc(N2CCCC2=O)cc1)Nc1nc(-c2ccc3c(c2)CCCC3)cs1. The van der Waals surface area contributed by atoms with E-state index in [1.807, 2.05) is 5.38 Å². The van der Waals surface area contributed by atoms with E-state index in [-0.39, 0.29) is 24.3 Å². The first-order chi connectivity index (χ1) is 16.6. The van der Waals surface area contributed by atoms with E-state index >= 15 is 0 Å². The molecule has 1 fully saturated rings. The fourth-order valence-electron chi connectivity index (χ4n) is 4.50. The van der Waals surface area contributed by atoms with E-state index in [9.17, 15) is 14.4 Å². The molecule has 1 aliphatic heterocycles. The van der Waals surface area contributed by atoms with Gasteiger partial charge in [-0.25, -0.2) is 4.98 Å². The molecule has 0 bridgehead atoms. The lowest BCUT2D eigenvalue weighted by Gasteiger charge is -2.16. The molecule has 0 saturated carbocycles. The number of carbonyl (C=O) groups excluding carboxylic acids is 3. The van der Waals surface area contributed by atoms with Crippen LogP contribution in [-0.4, -0.2) is 35.8 Å². The van der Waals surface area contributed by atoms with Gasteiger partial charge in [-0.3, -0.25) is 14.4 Å². The third-order valence-electron chi connectivity index (χ3n) is 6.32. The number of rotatable bonds is 6. The molecule has 2 N–H and O–H groups in total. The Hall–Kier alpha value is -3.52. The number of carbonyl (C=O) groups is 3. The predicted molar refractivity (Wildman–Crippen MR) is 133 cm³/mol. The van der Waals surface area contributed by atoms with E-state index in [2.05, 4.69) is 33.8 Å². The van der Waals surface area contributed by atoms with Gasteiger partial charge in [0.2, 0.25) is 11.8 Å². The molecule has 3 aromatic rings. The third-order valence-corrected chi connectivity index (χ3v) is 7.08. The zero-order chi connectivity index (χ0) is 23.5. The summed E-state index contributed by atoms with van der Waals surface area (Å²) in [5, 5.41) is 7.84. The van der Waals surface area contributed by atoms with Crippen LogP contribution in [-0.2, 0) is 22.4 Å². The first-order valence-electron chi connectivity index (χ1n) is 11.6. The van der Waals surface area contributed by atoms with Gasteiger partial charge in [-0.15, -0.1) is 11.3 Å². The number of nitrogens with one attached hydrogen (secondary N) is 2. The van der Waals surface area contributed by atoms with E-state index in [0.717, 1.165) is 36.2 Å². The lowest BCUT2D eigenvalue weighted by atomic mass is 9.90. The number of hydrogen-bond donors (Lipinski definition) is 2. The molecule has 1 aliphatic carbocycles. The molecule has 3 amide bonds. The van der Waals surface area contributed by atoms with Gasteiger partial charge < -0.3 is 15.5 Å². The minimum absolute atomic E-state index is 0.103. The molecule has 2 heterocycles. The molecule has 2 aromatic carbocycles. The van der Waals surface area contributed by atoms with Crippen molar-refractivity contribution in [3.8, 4) is 11.3 Å². The minimum Gasteiger partial charge on any atom is -0.343 e. The molecular formula is C26H26N4O3S. The van der Waals surface area contributed by atoms with Crippen molar-refractivity contribution in [2.45, 2.75) is 38.5 Å². The summed E-state index contributed by atoms with van der Waals surface area (Å²) >= 11 is 1.37. The second-order valence-electron chi connectivity index (χ2n) is 8.66. The van der Waals surface area contributed by atoms with Crippen LogP contribution < -0.4 is 15.5 Å². The lowest BCUT2D eigenvalue weighted by molar-refractivity contribution is -0.117. The van der Waals surface area contributed by atoms with Gasteiger partial charge in [-0.2, -0.15) is 0 Å². The van der Waals surface area contributed by atoms with Crippen molar-refractivity contribution in [1.29, 1.82) is 0 Å². The highest BCUT2D eigenvalue weighted by Gasteiger charge is 2.21. The van der Waals surface area contributed by atoms with Gasteiger partial charge in [0.1, 0.15) is 0 Å². The molecule has 1 aromatic heterocycles. The standard InChI is InChI=1S/C26H26N4O3S/c31-23(15-27-25(33)18-9-11-21(12-10-18)30-13-3-6-24(30)32)29-26-28-22(16-34-26)20-8-7-17-4-1-2-5-19(17)14-20/h7-12,14,16H,1-6,13,15H2,(H,27,33)(H,28,29,31). The predicted octanol–water partition coefficient (Wildman–Crippen LogP) is 4.18. The number of hydrogen-bond acceptors (Lipinski definition) is 5. The van der Waals surface area contributed by atoms with Crippen molar-refractivity contribution in [3.05, 3.63) is 64.5 Å². The first-order valence-corrected chi connectivity index (χ1v) is 12.5. The first kappa shape index (κ1) is 22.3. The van der Waals surface area contributed by atoms with Crippen molar-refractivity contribution in [1.82, 2.24) is 10.3 Å². The average Bonchev–Trinajstić information content (AvgIpc) is 3.51. The van der Waals surface area contributed by atoms with Gasteiger partial charge in [0.15, 0.2) is 5.13 Å². The van der Waals surface area contributed by atoms with Crippen molar-refractivity contribution in [2.24, 2.45) is 0 Å². The van der Waals surface area contributed by atoms with Gasteiger partial charge in [0, 0.05) is 35.2 Å². The molecule has 34 heavy (non-hydrogen) atoms. The van der Waals surface area contributed by atoms with Gasteiger partial charge in [-0.1, -0.05) is 12.1 Å². The van der Waals surface area contributed by atoms with E-state index in [1.165, 1.54) is 35.3 Å². The van der Waals surface area contributed by atoms with Crippen molar-refractivity contribution < 1.29 is 14.4 Å². The Kier molecular flexibility index (Phi) is 6.40. The van der Waals surface area contributed by atoms with Crippen LogP contribution in [0.2, 0.25) is 0 Å². The Morgan fingerprint density at radius 1 is 0.971 bits per heavy atom. The number of fused-ring (bicyclic) bond motifs is 1. The molecular weight excluding hydrogens is 448 g/mol. The van der Waals surface area contributed by atoms with Crippen LogP contribution >= 0.6 is 11.3 Å². The zero-order valence-corrected chi connectivity index (χ0v) is 19.6. The summed E-state index contributed by atoms with van der Waals surface area (Å²) in [6.45, 7) is 0.550. The Morgan fingerprint density at radius 3 is 2.53 bits per heavy atom. The molecule has 0 spiro atoms. The highest BCUT2D eigenvalue weighted by Crippen LogP contribution is 2.29. The fourth-order valence-corrected chi connectivity index (χ4v) is 5.23. The summed E-state index contributed by atoms with van der Waals surface area (Å²) in [6.07, 6.45) is 6.14.